The number of phenols is 1. The summed E-state index contributed by atoms with van der Waals surface area (Å²) < 4.78 is 40.7. The summed E-state index contributed by atoms with van der Waals surface area (Å²) in [5.41, 5.74) is 0. The fourth-order valence-electron chi connectivity index (χ4n) is 0.433. The molecule has 1 aromatic carbocycles. The number of methoxy groups -OCH3 is 1. The smallest absolute Gasteiger partial charge is 0.293 e. The third-order valence-electron chi connectivity index (χ3n) is 0.825. The lowest BCUT2D eigenvalue weighted by molar-refractivity contribution is 0.373. The average Bonchev–Trinajstić information content (AvgIpc) is 2.20. The number of ether oxygens (including phenoxy) is 1. The highest BCUT2D eigenvalue weighted by Crippen LogP contribution is 2.22. The lowest BCUT2D eigenvalue weighted by Crippen LogP contribution is -1.80. The maximum Gasteiger partial charge on any atom is 0.293 e. The second-order valence-electron chi connectivity index (χ2n) is 1.36. The van der Waals surface area contributed by atoms with Crippen LogP contribution in [-0.4, -0.2) is 13.6 Å². The first-order valence-corrected chi connectivity index (χ1v) is 2.32. The van der Waals surface area contributed by atoms with Gasteiger partial charge >= 0.3 is 0 Å². The first kappa shape index (κ1) is 2.21. The summed E-state index contributed by atoms with van der Waals surface area (Å²) in [5, 5.41) is 4.10. The number of para-hydroxylation sites is 2. The molecule has 0 saturated heterocycles. The first-order chi connectivity index (χ1) is 6.54. The van der Waals surface area contributed by atoms with E-state index in [-0.39, 0.29) is 17.5 Å². The molecule has 2 nitrogen and oxygen atoms in total. The molecule has 1 rings (SSSR count). The Balaban J connectivity index is 3.57. The van der Waals surface area contributed by atoms with Crippen LogP contribution in [0.2, 0.25) is 0 Å². The Hall–Kier alpha value is -1.18. The zero-order chi connectivity index (χ0) is 10.9. The van der Waals surface area contributed by atoms with Crippen molar-refractivity contribution >= 4 is 0 Å². The van der Waals surface area contributed by atoms with E-state index in [0.29, 0.717) is 0 Å². The molecule has 0 unspecified atom stereocenters. The Morgan fingerprint density at radius 3 is 3.11 bits per heavy atom. The Morgan fingerprint density at radius 2 is 2.44 bits per heavy atom. The molecule has 0 aliphatic carbocycles. The molecule has 48 valence electrons. The van der Waals surface area contributed by atoms with Crippen molar-refractivity contribution in [2.45, 2.75) is 0 Å². The number of rotatable bonds is 2. The summed E-state index contributed by atoms with van der Waals surface area (Å²) in [6.45, 7) is 0. The second-order valence-corrected chi connectivity index (χ2v) is 1.36. The van der Waals surface area contributed by atoms with Crippen LogP contribution in [0.3, 0.4) is 0 Å². The van der Waals surface area contributed by atoms with Crippen LogP contribution < -0.4 is 4.74 Å². The molecule has 0 bridgehead atoms. The summed E-state index contributed by atoms with van der Waals surface area (Å²) in [5.74, 6) is -0.468. The molecule has 1 aromatic rings. The van der Waals surface area contributed by atoms with Gasteiger partial charge in [-0.3, -0.25) is 0 Å². The Kier molecular flexibility index (Phi) is 0.589. The van der Waals surface area contributed by atoms with Gasteiger partial charge in [0, 0.05) is 0 Å². The van der Waals surface area contributed by atoms with Gasteiger partial charge in [-0.05, 0) is 12.1 Å². The normalized spacial score (nSPS) is 16.3. The fourth-order valence-corrected chi connectivity index (χ4v) is 0.433. The third kappa shape index (κ3) is 1.13. The van der Waals surface area contributed by atoms with Gasteiger partial charge in [0.1, 0.15) is 0 Å². The summed E-state index contributed by atoms with van der Waals surface area (Å²) in [6.07, 6.45) is 0. The molecule has 0 saturated carbocycles. The minimum absolute atomic E-state index is 0.161. The molecular weight excluding hydrogens is 116 g/mol. The Labute approximate surface area is 60.8 Å². The van der Waals surface area contributed by atoms with E-state index in [1.165, 1.54) is 7.11 Å². The van der Waals surface area contributed by atoms with E-state index in [1.54, 1.807) is 0 Å². The highest BCUT2D eigenvalue weighted by Gasteiger charge is 1.94. The molecule has 0 aliphatic rings. The zero-order valence-electron chi connectivity index (χ0n) is 9.82. The maximum atomic E-state index is 7.40. The molecule has 9 heavy (non-hydrogen) atoms. The Morgan fingerprint density at radius 1 is 1.67 bits per heavy atom. The van der Waals surface area contributed by atoms with Crippen LogP contribution in [0.15, 0.2) is 24.2 Å². The molecule has 0 atom stereocenters. The minimum Gasteiger partial charge on any atom is -0.504 e. The summed E-state index contributed by atoms with van der Waals surface area (Å²) >= 11 is 0. The van der Waals surface area contributed by atoms with Crippen LogP contribution in [-0.2, 0) is 0 Å². The lowest BCUT2D eigenvalue weighted by atomic mass is 10.3. The lowest BCUT2D eigenvalue weighted by Gasteiger charge is -1.99. The van der Waals surface area contributed by atoms with Crippen LogP contribution in [0.4, 0.5) is 0 Å². The summed E-state index contributed by atoms with van der Waals surface area (Å²) in [6, 6.07) is -1.63. The van der Waals surface area contributed by atoms with Crippen molar-refractivity contribution in [1.82, 2.24) is 0 Å². The van der Waals surface area contributed by atoms with E-state index >= 15 is 0 Å². The average molecular weight is 129 g/mol. The van der Waals surface area contributed by atoms with Crippen molar-refractivity contribution in [3.8, 4) is 11.5 Å². The quantitative estimate of drug-likeness (QED) is 0.654. The van der Waals surface area contributed by atoms with E-state index in [9.17, 15) is 0 Å². The first-order valence-electron chi connectivity index (χ1n) is 4.72. The van der Waals surface area contributed by atoms with E-state index in [0.717, 1.165) is 0 Å². The maximum absolute atomic E-state index is 7.40. The number of phenolic OH excluding ortho intramolecular Hbond substituents is 1. The van der Waals surface area contributed by atoms with Crippen molar-refractivity contribution in [2.75, 3.05) is 7.11 Å². The van der Waals surface area contributed by atoms with Crippen molar-refractivity contribution < 1.29 is 15.3 Å². The molecule has 0 radical (unpaired) electrons. The van der Waals surface area contributed by atoms with Crippen molar-refractivity contribution in [3.63, 3.8) is 0 Å². The van der Waals surface area contributed by atoms with Gasteiger partial charge in [0.15, 0.2) is 11.5 Å². The zero-order valence-corrected chi connectivity index (χ0v) is 4.82. The van der Waals surface area contributed by atoms with Gasteiger partial charge in [0.05, 0.1) is 12.6 Å². The van der Waals surface area contributed by atoms with Gasteiger partial charge in [0.25, 0.3) is 1.43 Å². The second kappa shape index (κ2) is 2.40. The van der Waals surface area contributed by atoms with Crippen LogP contribution in [0.5, 0.6) is 11.5 Å². The van der Waals surface area contributed by atoms with Crippen LogP contribution in [0.1, 0.15) is 5.48 Å². The number of hydrogen-bond acceptors (Lipinski definition) is 2. The van der Waals surface area contributed by atoms with E-state index in [1.807, 2.05) is 0 Å². The summed E-state index contributed by atoms with van der Waals surface area (Å²) in [7, 11) is 1.25. The monoisotopic (exact) mass is 129 g/mol. The molecule has 1 N–H and O–H groups in total. The van der Waals surface area contributed by atoms with E-state index in [4.69, 9.17) is 11.7 Å². The topological polar surface area (TPSA) is 29.5 Å². The molecule has 0 spiro atoms. The minimum atomic E-state index is -0.446. The predicted octanol–water partition coefficient (Wildman–Crippen LogP) is 1.40. The molecule has 0 heterocycles. The van der Waals surface area contributed by atoms with Crippen molar-refractivity contribution in [1.29, 1.82) is 1.43 Å². The van der Waals surface area contributed by atoms with Gasteiger partial charge in [-0.1, -0.05) is 12.1 Å². The SMILES string of the molecule is [2H]Oc1c([2H])c([2H])c([2H])c([2H])c1OC. The molecular formula is C7H8O2. The molecule has 0 aromatic heterocycles. The summed E-state index contributed by atoms with van der Waals surface area (Å²) in [4.78, 5) is 0. The van der Waals surface area contributed by atoms with E-state index in [2.05, 4.69) is 5.11 Å². The largest absolute Gasteiger partial charge is 0.504 e. The van der Waals surface area contributed by atoms with Crippen LogP contribution in [0, 0.1) is 0 Å². The highest BCUT2D eigenvalue weighted by atomic mass is 16.5. The fraction of sp³-hybridized carbons (Fsp3) is 0.143. The van der Waals surface area contributed by atoms with E-state index < -0.39 is 18.1 Å². The van der Waals surface area contributed by atoms with Gasteiger partial charge in [0.2, 0.25) is 0 Å². The highest BCUT2D eigenvalue weighted by molar-refractivity contribution is 5.37. The molecule has 0 aliphatic heterocycles. The number of benzene rings is 1. The number of hydrogen-bond donors (Lipinski definition) is 1. The predicted molar refractivity (Wildman–Crippen MR) is 34.7 cm³/mol. The number of aromatic hydroxyl groups is 1. The standard InChI is InChI=1S/C7H8O2/c1-9-7-5-3-2-4-6(7)8/h2-5,8H,1H3/i2D,3D,4D,5D/hD. The van der Waals surface area contributed by atoms with Crippen molar-refractivity contribution in [3.05, 3.63) is 24.2 Å². The molecule has 2 heteroatoms. The van der Waals surface area contributed by atoms with Crippen LogP contribution >= 0.6 is 0 Å². The molecule has 0 amide bonds. The van der Waals surface area contributed by atoms with Gasteiger partial charge < -0.3 is 9.85 Å². The van der Waals surface area contributed by atoms with Gasteiger partial charge in [-0.15, -0.1) is 0 Å². The van der Waals surface area contributed by atoms with Crippen molar-refractivity contribution in [2.24, 2.45) is 0 Å². The van der Waals surface area contributed by atoms with Crippen LogP contribution in [0.25, 0.3) is 0 Å². The van der Waals surface area contributed by atoms with Gasteiger partial charge in [-0.2, -0.15) is 0 Å². The van der Waals surface area contributed by atoms with Gasteiger partial charge in [-0.25, -0.2) is 0 Å². The molecule has 0 fully saturated rings. The third-order valence-corrected chi connectivity index (χ3v) is 0.825. The Bertz CT molecular complexity index is 331.